The van der Waals surface area contributed by atoms with E-state index in [0.717, 1.165) is 29.0 Å². The third kappa shape index (κ3) is 3.83. The van der Waals surface area contributed by atoms with E-state index >= 15 is 0 Å². The number of aromatic nitrogens is 2. The lowest BCUT2D eigenvalue weighted by atomic mass is 10.2. The first-order valence-electron chi connectivity index (χ1n) is 6.78. The fourth-order valence-electron chi connectivity index (χ4n) is 1.93. The van der Waals surface area contributed by atoms with Crippen LogP contribution in [0.15, 0.2) is 24.3 Å². The summed E-state index contributed by atoms with van der Waals surface area (Å²) in [5.41, 5.74) is 2.87. The van der Waals surface area contributed by atoms with E-state index in [1.807, 2.05) is 43.0 Å². The van der Waals surface area contributed by atoms with Crippen LogP contribution in [0, 0.1) is 6.92 Å². The molecule has 0 fully saturated rings. The molecule has 2 rings (SSSR count). The van der Waals surface area contributed by atoms with Crippen molar-refractivity contribution < 1.29 is 0 Å². The van der Waals surface area contributed by atoms with E-state index in [2.05, 4.69) is 29.1 Å². The molecule has 1 atom stereocenters. The first kappa shape index (κ1) is 14.1. The molecular weight excluding hydrogens is 254 g/mol. The van der Waals surface area contributed by atoms with Crippen molar-refractivity contribution >= 4 is 28.6 Å². The van der Waals surface area contributed by atoms with Crippen molar-refractivity contribution in [1.82, 2.24) is 9.97 Å². The van der Waals surface area contributed by atoms with Gasteiger partial charge >= 0.3 is 0 Å². The van der Waals surface area contributed by atoms with Crippen LogP contribution in [0.3, 0.4) is 0 Å². The van der Waals surface area contributed by atoms with Crippen LogP contribution in [0.1, 0.15) is 26.0 Å². The van der Waals surface area contributed by atoms with Crippen molar-refractivity contribution in [2.45, 2.75) is 33.2 Å². The van der Waals surface area contributed by atoms with Crippen molar-refractivity contribution in [3.63, 3.8) is 0 Å². The molecule has 1 aromatic heterocycles. The second kappa shape index (κ2) is 6.75. The summed E-state index contributed by atoms with van der Waals surface area (Å²) < 4.78 is 0. The van der Waals surface area contributed by atoms with Gasteiger partial charge < -0.3 is 5.32 Å². The molecule has 0 amide bonds. The van der Waals surface area contributed by atoms with Gasteiger partial charge in [-0.3, -0.25) is 0 Å². The number of anilines is 1. The molecule has 3 nitrogen and oxygen atoms in total. The Balaban J connectivity index is 2.09. The Morgan fingerprint density at radius 3 is 2.58 bits per heavy atom. The number of benzene rings is 1. The van der Waals surface area contributed by atoms with Crippen molar-refractivity contribution in [3.8, 4) is 0 Å². The minimum Gasteiger partial charge on any atom is -0.366 e. The summed E-state index contributed by atoms with van der Waals surface area (Å²) >= 11 is 1.98. The van der Waals surface area contributed by atoms with Crippen molar-refractivity contribution in [3.05, 3.63) is 30.0 Å². The zero-order valence-electron chi connectivity index (χ0n) is 11.8. The van der Waals surface area contributed by atoms with Crippen LogP contribution in [-0.4, -0.2) is 27.5 Å². The van der Waals surface area contributed by atoms with E-state index in [1.165, 1.54) is 11.5 Å². The largest absolute Gasteiger partial charge is 0.366 e. The van der Waals surface area contributed by atoms with E-state index in [0.29, 0.717) is 6.04 Å². The molecule has 0 radical (unpaired) electrons. The Morgan fingerprint density at radius 1 is 1.21 bits per heavy atom. The molecule has 19 heavy (non-hydrogen) atoms. The second-order valence-electron chi connectivity index (χ2n) is 4.68. The standard InChI is InChI=1S/C15H21N3S/c1-4-19-10-9-11(2)16-15-12(3)17-13-7-5-6-8-14(13)18-15/h5-8,11H,4,9-10H2,1-3H3,(H,16,18). The summed E-state index contributed by atoms with van der Waals surface area (Å²) in [4.78, 5) is 9.26. The molecule has 0 saturated carbocycles. The normalized spacial score (nSPS) is 12.6. The van der Waals surface area contributed by atoms with Gasteiger partial charge in [-0.25, -0.2) is 9.97 Å². The maximum atomic E-state index is 4.66. The average molecular weight is 275 g/mol. The number of thioether (sulfide) groups is 1. The Bertz CT molecular complexity index is 542. The van der Waals surface area contributed by atoms with Crippen molar-refractivity contribution in [2.75, 3.05) is 16.8 Å². The van der Waals surface area contributed by atoms with Gasteiger partial charge in [0, 0.05) is 6.04 Å². The second-order valence-corrected chi connectivity index (χ2v) is 6.07. The van der Waals surface area contributed by atoms with Gasteiger partial charge in [-0.1, -0.05) is 19.1 Å². The number of aryl methyl sites for hydroxylation is 1. The number of nitrogens with one attached hydrogen (secondary N) is 1. The molecule has 0 saturated heterocycles. The molecule has 1 N–H and O–H groups in total. The van der Waals surface area contributed by atoms with Crippen LogP contribution in [0.2, 0.25) is 0 Å². The molecule has 0 spiro atoms. The Morgan fingerprint density at radius 2 is 1.89 bits per heavy atom. The Labute approximate surface area is 119 Å². The molecule has 0 aliphatic rings. The van der Waals surface area contributed by atoms with E-state index in [4.69, 9.17) is 0 Å². The lowest BCUT2D eigenvalue weighted by Crippen LogP contribution is -2.18. The van der Waals surface area contributed by atoms with Gasteiger partial charge in [0.1, 0.15) is 5.82 Å². The summed E-state index contributed by atoms with van der Waals surface area (Å²) in [7, 11) is 0. The molecule has 1 unspecified atom stereocenters. The highest BCUT2D eigenvalue weighted by Crippen LogP contribution is 2.17. The maximum Gasteiger partial charge on any atom is 0.148 e. The number of rotatable bonds is 6. The first-order chi connectivity index (χ1) is 9.20. The average Bonchev–Trinajstić information content (AvgIpc) is 2.40. The third-order valence-electron chi connectivity index (χ3n) is 3.03. The summed E-state index contributed by atoms with van der Waals surface area (Å²) in [6, 6.07) is 8.42. The minimum absolute atomic E-state index is 0.424. The molecule has 4 heteroatoms. The number of hydrogen-bond acceptors (Lipinski definition) is 4. The molecule has 1 aromatic carbocycles. The minimum atomic E-state index is 0.424. The fourth-order valence-corrected chi connectivity index (χ4v) is 2.74. The van der Waals surface area contributed by atoms with Gasteiger partial charge in [-0.15, -0.1) is 0 Å². The SMILES string of the molecule is CCSCCC(C)Nc1nc2ccccc2nc1C. The summed E-state index contributed by atoms with van der Waals surface area (Å²) in [6.45, 7) is 6.41. The van der Waals surface area contributed by atoms with Gasteiger partial charge in [0.2, 0.25) is 0 Å². The van der Waals surface area contributed by atoms with Gasteiger partial charge in [-0.2, -0.15) is 11.8 Å². The third-order valence-corrected chi connectivity index (χ3v) is 3.96. The van der Waals surface area contributed by atoms with E-state index in [9.17, 15) is 0 Å². The number of para-hydroxylation sites is 2. The molecule has 2 aromatic rings. The Kier molecular flexibility index (Phi) is 5.02. The molecule has 0 aliphatic carbocycles. The topological polar surface area (TPSA) is 37.8 Å². The maximum absolute atomic E-state index is 4.66. The number of fused-ring (bicyclic) bond motifs is 1. The van der Waals surface area contributed by atoms with E-state index < -0.39 is 0 Å². The van der Waals surface area contributed by atoms with Gasteiger partial charge in [0.15, 0.2) is 0 Å². The van der Waals surface area contributed by atoms with Crippen LogP contribution in [0.4, 0.5) is 5.82 Å². The zero-order valence-corrected chi connectivity index (χ0v) is 12.6. The van der Waals surface area contributed by atoms with Crippen molar-refractivity contribution in [1.29, 1.82) is 0 Å². The predicted molar refractivity (Wildman–Crippen MR) is 85.0 cm³/mol. The van der Waals surface area contributed by atoms with Gasteiger partial charge in [0.05, 0.1) is 16.7 Å². The molecule has 1 heterocycles. The zero-order chi connectivity index (χ0) is 13.7. The smallest absolute Gasteiger partial charge is 0.148 e. The van der Waals surface area contributed by atoms with E-state index in [1.54, 1.807) is 0 Å². The molecule has 0 aliphatic heterocycles. The van der Waals surface area contributed by atoms with Crippen molar-refractivity contribution in [2.24, 2.45) is 0 Å². The number of hydrogen-bond donors (Lipinski definition) is 1. The Hall–Kier alpha value is -1.29. The summed E-state index contributed by atoms with van der Waals surface area (Å²) in [5.74, 6) is 3.28. The van der Waals surface area contributed by atoms with Gasteiger partial charge in [0.25, 0.3) is 0 Å². The molecule has 0 bridgehead atoms. The lowest BCUT2D eigenvalue weighted by Gasteiger charge is -2.16. The fraction of sp³-hybridized carbons (Fsp3) is 0.467. The van der Waals surface area contributed by atoms with E-state index in [-0.39, 0.29) is 0 Å². The summed E-state index contributed by atoms with van der Waals surface area (Å²) in [5, 5.41) is 3.47. The highest BCUT2D eigenvalue weighted by molar-refractivity contribution is 7.99. The lowest BCUT2D eigenvalue weighted by molar-refractivity contribution is 0.764. The number of nitrogens with zero attached hydrogens (tertiary/aromatic N) is 2. The van der Waals surface area contributed by atoms with Crippen LogP contribution < -0.4 is 5.32 Å². The highest BCUT2D eigenvalue weighted by Gasteiger charge is 2.08. The van der Waals surface area contributed by atoms with Crippen LogP contribution in [0.5, 0.6) is 0 Å². The van der Waals surface area contributed by atoms with Crippen LogP contribution >= 0.6 is 11.8 Å². The van der Waals surface area contributed by atoms with Gasteiger partial charge in [-0.05, 0) is 43.9 Å². The quantitative estimate of drug-likeness (QED) is 0.812. The van der Waals surface area contributed by atoms with Crippen LogP contribution in [0.25, 0.3) is 11.0 Å². The molecule has 102 valence electrons. The predicted octanol–water partition coefficient (Wildman–Crippen LogP) is 3.88. The monoisotopic (exact) mass is 275 g/mol. The highest BCUT2D eigenvalue weighted by atomic mass is 32.2. The van der Waals surface area contributed by atoms with Crippen LogP contribution in [-0.2, 0) is 0 Å². The summed E-state index contributed by atoms with van der Waals surface area (Å²) in [6.07, 6.45) is 1.15. The molecular formula is C15H21N3S. The first-order valence-corrected chi connectivity index (χ1v) is 7.94.